The molecule has 1 amide bonds. The number of amides is 1. The molecule has 0 radical (unpaired) electrons. The van der Waals surface area contributed by atoms with Gasteiger partial charge in [0.15, 0.2) is 6.61 Å². The molecule has 0 aliphatic rings. The van der Waals surface area contributed by atoms with E-state index in [2.05, 4.69) is 10.0 Å². The first-order chi connectivity index (χ1) is 15.8. The topological polar surface area (TPSA) is 111 Å². The molecular weight excluding hydrogens is 451 g/mol. The Hall–Kier alpha value is -3.92. The zero-order valence-electron chi connectivity index (χ0n) is 17.6. The standard InChI is InChI=1S/C23H21FN2O6S/c1-31-20-6-2-4-16(12-20)14-25-22(27)15-32-23(28)17-5-3-7-21(13-17)33(29,30)26-19-10-8-18(24)9-11-19/h2-13,26H,14-15H2,1H3,(H,25,27). The molecule has 0 aromatic heterocycles. The van der Waals surface area contributed by atoms with Crippen LogP contribution in [0.5, 0.6) is 5.75 Å². The van der Waals surface area contributed by atoms with Crippen molar-refractivity contribution in [3.8, 4) is 5.75 Å². The molecule has 0 saturated heterocycles. The second-order valence-electron chi connectivity index (χ2n) is 6.84. The molecule has 0 heterocycles. The van der Waals surface area contributed by atoms with Gasteiger partial charge in [0.1, 0.15) is 11.6 Å². The van der Waals surface area contributed by atoms with Gasteiger partial charge in [-0.05, 0) is 60.2 Å². The third-order valence-corrected chi connectivity index (χ3v) is 5.81. The maximum atomic E-state index is 13.0. The van der Waals surface area contributed by atoms with Crippen molar-refractivity contribution in [1.29, 1.82) is 0 Å². The Bertz CT molecular complexity index is 1250. The maximum absolute atomic E-state index is 13.0. The minimum absolute atomic E-state index is 0.0439. The van der Waals surface area contributed by atoms with Crippen LogP contribution in [0.2, 0.25) is 0 Å². The molecular formula is C23H21FN2O6S. The van der Waals surface area contributed by atoms with Crippen LogP contribution in [0.4, 0.5) is 10.1 Å². The first-order valence-electron chi connectivity index (χ1n) is 9.72. The minimum atomic E-state index is -4.03. The zero-order chi connectivity index (χ0) is 23.8. The molecule has 0 bridgehead atoms. The highest BCUT2D eigenvalue weighted by atomic mass is 32.2. The summed E-state index contributed by atoms with van der Waals surface area (Å²) in [4.78, 5) is 24.1. The van der Waals surface area contributed by atoms with Crippen LogP contribution in [-0.2, 0) is 26.1 Å². The van der Waals surface area contributed by atoms with Gasteiger partial charge >= 0.3 is 5.97 Å². The Kier molecular flexibility index (Phi) is 7.62. The molecule has 0 atom stereocenters. The second-order valence-corrected chi connectivity index (χ2v) is 8.53. The van der Waals surface area contributed by atoms with Gasteiger partial charge in [-0.2, -0.15) is 0 Å². The van der Waals surface area contributed by atoms with Crippen LogP contribution < -0.4 is 14.8 Å². The van der Waals surface area contributed by atoms with Crippen LogP contribution >= 0.6 is 0 Å². The average Bonchev–Trinajstić information content (AvgIpc) is 2.82. The Morgan fingerprint density at radius 2 is 1.70 bits per heavy atom. The summed E-state index contributed by atoms with van der Waals surface area (Å²) in [6, 6.07) is 17.1. The Morgan fingerprint density at radius 1 is 0.970 bits per heavy atom. The van der Waals surface area contributed by atoms with Crippen molar-refractivity contribution in [3.63, 3.8) is 0 Å². The number of methoxy groups -OCH3 is 1. The smallest absolute Gasteiger partial charge is 0.338 e. The summed E-state index contributed by atoms with van der Waals surface area (Å²) >= 11 is 0. The molecule has 33 heavy (non-hydrogen) atoms. The van der Waals surface area contributed by atoms with Gasteiger partial charge in [-0.25, -0.2) is 17.6 Å². The molecule has 0 fully saturated rings. The number of benzene rings is 3. The van der Waals surface area contributed by atoms with Crippen molar-refractivity contribution in [2.45, 2.75) is 11.4 Å². The summed E-state index contributed by atoms with van der Waals surface area (Å²) in [7, 11) is -2.49. The van der Waals surface area contributed by atoms with Crippen molar-refractivity contribution in [3.05, 3.63) is 89.7 Å². The van der Waals surface area contributed by atoms with E-state index in [1.807, 2.05) is 0 Å². The van der Waals surface area contributed by atoms with Gasteiger partial charge in [0, 0.05) is 12.2 Å². The number of hydrogen-bond acceptors (Lipinski definition) is 6. The normalized spacial score (nSPS) is 10.8. The summed E-state index contributed by atoms with van der Waals surface area (Å²) in [5.41, 5.74) is 0.926. The molecule has 172 valence electrons. The van der Waals surface area contributed by atoms with Crippen molar-refractivity contribution in [2.75, 3.05) is 18.4 Å². The quantitative estimate of drug-likeness (QED) is 0.463. The summed E-state index contributed by atoms with van der Waals surface area (Å²) in [6.45, 7) is -0.315. The molecule has 3 aromatic rings. The van der Waals surface area contributed by atoms with E-state index in [1.54, 1.807) is 24.3 Å². The van der Waals surface area contributed by atoms with Gasteiger partial charge in [0.25, 0.3) is 15.9 Å². The van der Waals surface area contributed by atoms with E-state index in [0.29, 0.717) is 5.75 Å². The SMILES string of the molecule is COc1cccc(CNC(=O)COC(=O)c2cccc(S(=O)(=O)Nc3ccc(F)cc3)c2)c1. The Morgan fingerprint density at radius 3 is 2.42 bits per heavy atom. The van der Waals surface area contributed by atoms with Crippen molar-refractivity contribution in [2.24, 2.45) is 0 Å². The van der Waals surface area contributed by atoms with Crippen LogP contribution in [0, 0.1) is 5.82 Å². The van der Waals surface area contributed by atoms with Gasteiger partial charge in [0.05, 0.1) is 17.6 Å². The van der Waals surface area contributed by atoms with Crippen molar-refractivity contribution >= 4 is 27.6 Å². The predicted molar refractivity (Wildman–Crippen MR) is 119 cm³/mol. The fraction of sp³-hybridized carbons (Fsp3) is 0.130. The monoisotopic (exact) mass is 472 g/mol. The van der Waals surface area contributed by atoms with Crippen molar-refractivity contribution in [1.82, 2.24) is 5.32 Å². The molecule has 0 aliphatic heterocycles. The summed E-state index contributed by atoms with van der Waals surface area (Å²) in [5.74, 6) is -1.23. The molecule has 0 saturated carbocycles. The Labute approximate surface area is 190 Å². The second kappa shape index (κ2) is 10.6. The van der Waals surface area contributed by atoms with E-state index in [1.165, 1.54) is 37.4 Å². The Balaban J connectivity index is 1.57. The fourth-order valence-corrected chi connectivity index (χ4v) is 3.87. The lowest BCUT2D eigenvalue weighted by Gasteiger charge is -2.10. The third kappa shape index (κ3) is 6.78. The minimum Gasteiger partial charge on any atom is -0.497 e. The van der Waals surface area contributed by atoms with Gasteiger partial charge in [-0.1, -0.05) is 18.2 Å². The molecule has 2 N–H and O–H groups in total. The number of anilines is 1. The zero-order valence-corrected chi connectivity index (χ0v) is 18.4. The number of hydrogen-bond donors (Lipinski definition) is 2. The van der Waals surface area contributed by atoms with E-state index in [0.717, 1.165) is 23.8 Å². The number of nitrogens with one attached hydrogen (secondary N) is 2. The van der Waals surface area contributed by atoms with E-state index in [9.17, 15) is 22.4 Å². The summed E-state index contributed by atoms with van der Waals surface area (Å²) in [6.07, 6.45) is 0. The fourth-order valence-electron chi connectivity index (χ4n) is 2.77. The molecule has 10 heteroatoms. The van der Waals surface area contributed by atoms with Crippen LogP contribution in [0.3, 0.4) is 0 Å². The van der Waals surface area contributed by atoms with Gasteiger partial charge in [-0.3, -0.25) is 9.52 Å². The maximum Gasteiger partial charge on any atom is 0.338 e. The summed E-state index contributed by atoms with van der Waals surface area (Å²) in [5, 5.41) is 2.62. The first kappa shape index (κ1) is 23.7. The summed E-state index contributed by atoms with van der Waals surface area (Å²) < 4.78 is 50.5. The van der Waals surface area contributed by atoms with E-state index in [4.69, 9.17) is 9.47 Å². The molecule has 3 aromatic carbocycles. The van der Waals surface area contributed by atoms with Gasteiger partial charge in [0.2, 0.25) is 0 Å². The highest BCUT2D eigenvalue weighted by Crippen LogP contribution is 2.18. The number of sulfonamides is 1. The number of carbonyl (C=O) groups is 2. The molecule has 0 spiro atoms. The number of carbonyl (C=O) groups excluding carboxylic acids is 2. The average molecular weight is 472 g/mol. The number of esters is 1. The molecule has 3 rings (SSSR count). The predicted octanol–water partition coefficient (Wildman–Crippen LogP) is 3.11. The van der Waals surface area contributed by atoms with Crippen LogP contribution in [0.1, 0.15) is 15.9 Å². The third-order valence-electron chi connectivity index (χ3n) is 4.43. The number of halogens is 1. The molecule has 0 aliphatic carbocycles. The number of rotatable bonds is 9. The highest BCUT2D eigenvalue weighted by Gasteiger charge is 2.18. The number of ether oxygens (including phenoxy) is 2. The lowest BCUT2D eigenvalue weighted by atomic mass is 10.2. The van der Waals surface area contributed by atoms with Gasteiger partial charge < -0.3 is 14.8 Å². The molecule has 0 unspecified atom stereocenters. The first-order valence-corrected chi connectivity index (χ1v) is 11.2. The lowest BCUT2D eigenvalue weighted by molar-refractivity contribution is -0.124. The van der Waals surface area contributed by atoms with E-state index in [-0.39, 0.29) is 22.7 Å². The van der Waals surface area contributed by atoms with Crippen LogP contribution in [0.15, 0.2) is 77.7 Å². The lowest BCUT2D eigenvalue weighted by Crippen LogP contribution is -2.28. The highest BCUT2D eigenvalue weighted by molar-refractivity contribution is 7.92. The van der Waals surface area contributed by atoms with E-state index < -0.39 is 34.3 Å². The van der Waals surface area contributed by atoms with Gasteiger partial charge in [-0.15, -0.1) is 0 Å². The van der Waals surface area contributed by atoms with E-state index >= 15 is 0 Å². The largest absolute Gasteiger partial charge is 0.497 e. The van der Waals surface area contributed by atoms with Crippen LogP contribution in [0.25, 0.3) is 0 Å². The van der Waals surface area contributed by atoms with Crippen molar-refractivity contribution < 1.29 is 31.9 Å². The molecule has 8 nitrogen and oxygen atoms in total. The van der Waals surface area contributed by atoms with Crippen LogP contribution in [-0.4, -0.2) is 34.0 Å².